The molecule has 136 valence electrons. The third-order valence-electron chi connectivity index (χ3n) is 5.99. The summed E-state index contributed by atoms with van der Waals surface area (Å²) in [6.45, 7) is 5.27. The zero-order valence-electron chi connectivity index (χ0n) is 13.9. The maximum absolute atomic E-state index is 12.9. The number of nitrogens with one attached hydrogen (secondary N) is 1. The van der Waals surface area contributed by atoms with E-state index in [0.717, 1.165) is 18.2 Å². The molecule has 2 fully saturated rings. The van der Waals surface area contributed by atoms with Gasteiger partial charge in [0.05, 0.1) is 21.7 Å². The molecule has 2 atom stereocenters. The van der Waals surface area contributed by atoms with E-state index < -0.39 is 40.0 Å². The summed E-state index contributed by atoms with van der Waals surface area (Å²) < 4.78 is 44.1. The van der Waals surface area contributed by atoms with Gasteiger partial charge >= 0.3 is 12.1 Å². The average molecular weight is 376 g/mol. The number of hydrogen-bond donors (Lipinski definition) is 1. The molecule has 0 spiro atoms. The Labute approximate surface area is 147 Å². The standard InChI is InChI=1S/C17H17ClF3NO3/c1-14(2)15(3)6-7-16(14,25-13(15)24)12(23)22-11-8-9(17(19,20)21)4-5-10(11)18/h4-5,8H,6-7H2,1-3H3,(H,22,23)/t15-,16+/m1/s1. The highest BCUT2D eigenvalue weighted by Crippen LogP contribution is 2.65. The summed E-state index contributed by atoms with van der Waals surface area (Å²) in [4.78, 5) is 25.1. The van der Waals surface area contributed by atoms with Gasteiger partial charge in [0.2, 0.25) is 0 Å². The molecular formula is C17H17ClF3NO3. The Morgan fingerprint density at radius 3 is 2.36 bits per heavy atom. The van der Waals surface area contributed by atoms with Crippen LogP contribution in [-0.4, -0.2) is 17.5 Å². The fourth-order valence-corrected chi connectivity index (χ4v) is 3.93. The third kappa shape index (κ3) is 2.28. The van der Waals surface area contributed by atoms with Crippen molar-refractivity contribution in [2.75, 3.05) is 5.32 Å². The van der Waals surface area contributed by atoms with Gasteiger partial charge in [0.25, 0.3) is 5.91 Å². The summed E-state index contributed by atoms with van der Waals surface area (Å²) in [6.07, 6.45) is -3.78. The van der Waals surface area contributed by atoms with Crippen LogP contribution in [0.3, 0.4) is 0 Å². The summed E-state index contributed by atoms with van der Waals surface area (Å²) in [5.41, 5.74) is -4.11. The Balaban J connectivity index is 1.95. The van der Waals surface area contributed by atoms with E-state index in [4.69, 9.17) is 16.3 Å². The van der Waals surface area contributed by atoms with E-state index in [-0.39, 0.29) is 10.7 Å². The van der Waals surface area contributed by atoms with Gasteiger partial charge in [-0.1, -0.05) is 25.4 Å². The Morgan fingerprint density at radius 1 is 1.24 bits per heavy atom. The van der Waals surface area contributed by atoms with Gasteiger partial charge in [-0.25, -0.2) is 0 Å². The third-order valence-corrected chi connectivity index (χ3v) is 6.32. The minimum absolute atomic E-state index is 0.0272. The lowest BCUT2D eigenvalue weighted by Crippen LogP contribution is -2.50. The van der Waals surface area contributed by atoms with Gasteiger partial charge in [-0.05, 0) is 38.0 Å². The Bertz CT molecular complexity index is 777. The number of hydrogen-bond acceptors (Lipinski definition) is 3. The average Bonchev–Trinajstić information content (AvgIpc) is 2.78. The van der Waals surface area contributed by atoms with Crippen molar-refractivity contribution in [1.29, 1.82) is 0 Å². The summed E-state index contributed by atoms with van der Waals surface area (Å²) in [5, 5.41) is 2.40. The number of anilines is 1. The fourth-order valence-electron chi connectivity index (χ4n) is 3.77. The van der Waals surface area contributed by atoms with Gasteiger partial charge in [-0.3, -0.25) is 9.59 Å². The number of benzene rings is 1. The van der Waals surface area contributed by atoms with Crippen molar-refractivity contribution in [3.63, 3.8) is 0 Å². The SMILES string of the molecule is CC1(C)[C@@]2(C(=O)Nc3cc(C(F)(F)F)ccc3Cl)CC[C@]1(C)C(=O)O2. The molecule has 25 heavy (non-hydrogen) atoms. The Morgan fingerprint density at radius 2 is 1.88 bits per heavy atom. The van der Waals surface area contributed by atoms with Crippen LogP contribution in [-0.2, 0) is 20.5 Å². The second kappa shape index (κ2) is 5.13. The largest absolute Gasteiger partial charge is 0.448 e. The van der Waals surface area contributed by atoms with Gasteiger partial charge in [-0.15, -0.1) is 0 Å². The monoisotopic (exact) mass is 375 g/mol. The molecule has 1 heterocycles. The van der Waals surface area contributed by atoms with E-state index in [1.165, 1.54) is 0 Å². The van der Waals surface area contributed by atoms with Crippen LogP contribution in [0.5, 0.6) is 0 Å². The molecule has 8 heteroatoms. The number of fused-ring (bicyclic) bond motifs is 2. The molecule has 1 aromatic rings. The van der Waals surface area contributed by atoms with Crippen LogP contribution in [0.4, 0.5) is 18.9 Å². The van der Waals surface area contributed by atoms with Crippen LogP contribution in [0.2, 0.25) is 5.02 Å². The Hall–Kier alpha value is -1.76. The maximum Gasteiger partial charge on any atom is 0.416 e. The molecule has 0 unspecified atom stereocenters. The van der Waals surface area contributed by atoms with Crippen molar-refractivity contribution in [2.45, 2.75) is 45.4 Å². The highest BCUT2D eigenvalue weighted by Gasteiger charge is 2.75. The quantitative estimate of drug-likeness (QED) is 0.778. The maximum atomic E-state index is 12.9. The van der Waals surface area contributed by atoms with Crippen molar-refractivity contribution in [3.8, 4) is 0 Å². The first-order valence-corrected chi connectivity index (χ1v) is 8.15. The zero-order valence-corrected chi connectivity index (χ0v) is 14.6. The van der Waals surface area contributed by atoms with Crippen molar-refractivity contribution < 1.29 is 27.5 Å². The van der Waals surface area contributed by atoms with Crippen molar-refractivity contribution >= 4 is 29.2 Å². The van der Waals surface area contributed by atoms with Gasteiger partial charge < -0.3 is 10.1 Å². The molecule has 1 amide bonds. The van der Waals surface area contributed by atoms with E-state index in [1.807, 2.05) is 0 Å². The first kappa shape index (κ1) is 18.0. The minimum Gasteiger partial charge on any atom is -0.448 e. The van der Waals surface area contributed by atoms with Crippen LogP contribution in [0, 0.1) is 10.8 Å². The van der Waals surface area contributed by atoms with Crippen LogP contribution in [0.25, 0.3) is 0 Å². The molecule has 0 aromatic heterocycles. The van der Waals surface area contributed by atoms with Crippen molar-refractivity contribution in [3.05, 3.63) is 28.8 Å². The van der Waals surface area contributed by atoms with Gasteiger partial charge in [0, 0.05) is 5.41 Å². The molecule has 3 rings (SSSR count). The Kier molecular flexibility index (Phi) is 3.70. The molecule has 2 aliphatic rings. The number of alkyl halides is 3. The van der Waals surface area contributed by atoms with E-state index in [0.29, 0.717) is 12.8 Å². The van der Waals surface area contributed by atoms with E-state index in [9.17, 15) is 22.8 Å². The summed E-state index contributed by atoms with van der Waals surface area (Å²) in [6, 6.07) is 2.68. The predicted octanol–water partition coefficient (Wildman–Crippen LogP) is 4.42. The summed E-state index contributed by atoms with van der Waals surface area (Å²) >= 11 is 5.93. The smallest absolute Gasteiger partial charge is 0.416 e. The van der Waals surface area contributed by atoms with Gasteiger partial charge in [0.1, 0.15) is 0 Å². The first-order chi connectivity index (χ1) is 11.3. The normalized spacial score (nSPS) is 30.3. The van der Waals surface area contributed by atoms with E-state index in [1.54, 1.807) is 20.8 Å². The number of esters is 1. The first-order valence-electron chi connectivity index (χ1n) is 7.77. The molecular weight excluding hydrogens is 359 g/mol. The molecule has 2 bridgehead atoms. The van der Waals surface area contributed by atoms with Crippen LogP contribution in [0.15, 0.2) is 18.2 Å². The molecule has 1 saturated carbocycles. The number of rotatable bonds is 2. The number of ether oxygens (including phenoxy) is 1. The van der Waals surface area contributed by atoms with Gasteiger partial charge in [-0.2, -0.15) is 13.2 Å². The van der Waals surface area contributed by atoms with Crippen LogP contribution < -0.4 is 5.32 Å². The number of halogens is 4. The molecule has 1 aliphatic carbocycles. The lowest BCUT2D eigenvalue weighted by molar-refractivity contribution is -0.165. The highest BCUT2D eigenvalue weighted by molar-refractivity contribution is 6.33. The van der Waals surface area contributed by atoms with E-state index in [2.05, 4.69) is 5.32 Å². The zero-order chi connectivity index (χ0) is 18.8. The van der Waals surface area contributed by atoms with Gasteiger partial charge in [0.15, 0.2) is 5.60 Å². The number of carbonyl (C=O) groups excluding carboxylic acids is 2. The summed E-state index contributed by atoms with van der Waals surface area (Å²) in [7, 11) is 0. The second-order valence-corrected chi connectivity index (χ2v) is 7.73. The molecule has 1 saturated heterocycles. The number of amides is 1. The number of carbonyl (C=O) groups is 2. The molecule has 0 radical (unpaired) electrons. The topological polar surface area (TPSA) is 55.4 Å². The lowest BCUT2D eigenvalue weighted by atomic mass is 9.66. The van der Waals surface area contributed by atoms with E-state index >= 15 is 0 Å². The second-order valence-electron chi connectivity index (χ2n) is 7.32. The minimum atomic E-state index is -4.56. The lowest BCUT2D eigenvalue weighted by Gasteiger charge is -2.35. The van der Waals surface area contributed by atoms with Crippen LogP contribution in [0.1, 0.15) is 39.2 Å². The fraction of sp³-hybridized carbons (Fsp3) is 0.529. The molecule has 1 N–H and O–H groups in total. The van der Waals surface area contributed by atoms with Crippen LogP contribution >= 0.6 is 11.6 Å². The van der Waals surface area contributed by atoms with Crippen molar-refractivity contribution in [2.24, 2.45) is 10.8 Å². The molecule has 1 aliphatic heterocycles. The van der Waals surface area contributed by atoms with Crippen molar-refractivity contribution in [1.82, 2.24) is 0 Å². The summed E-state index contributed by atoms with van der Waals surface area (Å²) in [5.74, 6) is -1.12. The molecule has 4 nitrogen and oxygen atoms in total. The predicted molar refractivity (Wildman–Crippen MR) is 85.0 cm³/mol. The highest BCUT2D eigenvalue weighted by atomic mass is 35.5. The molecule has 1 aromatic carbocycles.